The zero-order chi connectivity index (χ0) is 77.8. The number of guanidine groups is 13. The molecule has 47 heteroatoms. The van der Waals surface area contributed by atoms with Crippen molar-refractivity contribution in [1.29, 1.82) is 21.6 Å². The molecule has 0 atom stereocenters. The summed E-state index contributed by atoms with van der Waals surface area (Å²) in [5, 5.41) is 48.7. The van der Waals surface area contributed by atoms with Crippen molar-refractivity contribution in [2.24, 2.45) is 150 Å². The molecule has 0 fully saturated rings. The van der Waals surface area contributed by atoms with E-state index in [9.17, 15) is 19.2 Å². The van der Waals surface area contributed by atoms with Crippen LogP contribution in [0.1, 0.15) is 105 Å². The van der Waals surface area contributed by atoms with Crippen LogP contribution < -0.4 is 117 Å². The minimum Gasteiger partial charge on any atom is -0.464 e. The summed E-state index contributed by atoms with van der Waals surface area (Å²) in [5.41, 5.74) is 80.7. The Morgan fingerprint density at radius 3 is 1.01 bits per heavy atom. The molecule has 574 valence electrons. The summed E-state index contributed by atoms with van der Waals surface area (Å²) in [6.07, 6.45) is 4.11. The SMILES string of the molecule is CCC(=O)N(CCN=C(N)NC(N)=NCCCC(=N)CC(C)=N)CN=C(N)NC(N)=NC.CCC(=O)N(CCN=C(N)NC(N)=NCCCC(=N)CC(C)=N)CN=C(N)NC(N)=NC.CN=C(N)NC(N)=NCCOC(=O)CCCC(=O)OCCN=C(N)NC(N)=NCNCN=C(N)N=C(C)N. The van der Waals surface area contributed by atoms with Crippen LogP contribution in [-0.4, -0.2) is 253 Å². The van der Waals surface area contributed by atoms with Gasteiger partial charge >= 0.3 is 11.9 Å². The predicted molar refractivity (Wildman–Crippen MR) is 407 cm³/mol. The Morgan fingerprint density at radius 1 is 0.382 bits per heavy atom. The van der Waals surface area contributed by atoms with Gasteiger partial charge in [-0.15, -0.1) is 0 Å². The quantitative estimate of drug-likeness (QED) is 0.0118. The molecule has 2 amide bonds. The van der Waals surface area contributed by atoms with E-state index >= 15 is 0 Å². The average molecular weight is 1440 g/mol. The van der Waals surface area contributed by atoms with Crippen molar-refractivity contribution < 1.29 is 28.7 Å². The molecule has 39 N–H and O–H groups in total. The number of carbonyl (C=O) groups excluding carboxylic acids is 4. The van der Waals surface area contributed by atoms with E-state index in [1.54, 1.807) is 34.6 Å². The van der Waals surface area contributed by atoms with E-state index in [-0.39, 0.29) is 188 Å². The van der Waals surface area contributed by atoms with E-state index in [2.05, 4.69) is 107 Å². The summed E-state index contributed by atoms with van der Waals surface area (Å²) in [6, 6.07) is 0. The maximum atomic E-state index is 12.1. The number of carbonyl (C=O) groups is 4. The molecule has 0 rings (SSSR count). The third-order valence-corrected chi connectivity index (χ3v) is 11.5. The number of nitrogens with one attached hydrogen (secondary N) is 11. The minimum absolute atomic E-state index is 0.00480. The normalized spacial score (nSPS) is 13.3. The number of rotatable bonds is 38. The van der Waals surface area contributed by atoms with E-state index in [0.29, 0.717) is 93.1 Å². The van der Waals surface area contributed by atoms with Crippen LogP contribution in [0, 0.1) is 21.6 Å². The molecule has 102 heavy (non-hydrogen) atoms. The van der Waals surface area contributed by atoms with E-state index in [0.717, 1.165) is 0 Å². The number of aliphatic imine (C=N–C) groups is 14. The van der Waals surface area contributed by atoms with Crippen molar-refractivity contribution in [3.63, 3.8) is 0 Å². The molecule has 0 aliphatic rings. The third-order valence-electron chi connectivity index (χ3n) is 11.5. The van der Waals surface area contributed by atoms with Crippen molar-refractivity contribution >= 4 is 130 Å². The van der Waals surface area contributed by atoms with Gasteiger partial charge in [-0.2, -0.15) is 0 Å². The first-order valence-corrected chi connectivity index (χ1v) is 31.6. The molecule has 0 bridgehead atoms. The highest BCUT2D eigenvalue weighted by molar-refractivity contribution is 6.03. The van der Waals surface area contributed by atoms with Crippen molar-refractivity contribution in [2.75, 3.05) is 113 Å². The molecule has 0 heterocycles. The fraction of sp³-hybridized carbons (Fsp3) is 0.600. The van der Waals surface area contributed by atoms with Gasteiger partial charge in [0.1, 0.15) is 26.6 Å². The Labute approximate surface area is 594 Å². The Kier molecular flexibility index (Phi) is 54.4. The molecule has 0 aliphatic heterocycles. The van der Waals surface area contributed by atoms with E-state index in [1.807, 2.05) is 0 Å². The number of nitrogens with two attached hydrogens (primary N) is 14. The molecule has 0 aromatic carbocycles. The lowest BCUT2D eigenvalue weighted by Gasteiger charge is -2.19. The number of hydrogen-bond donors (Lipinski definition) is 25. The molecule has 0 radical (unpaired) electrons. The first kappa shape index (κ1) is 94.1. The van der Waals surface area contributed by atoms with Gasteiger partial charge in [-0.25, -0.2) is 34.9 Å². The van der Waals surface area contributed by atoms with E-state index in [1.165, 1.54) is 30.9 Å². The number of amides is 2. The van der Waals surface area contributed by atoms with Gasteiger partial charge in [0, 0.05) is 109 Å². The molecule has 0 unspecified atom stereocenters. The fourth-order valence-electron chi connectivity index (χ4n) is 6.73. The smallest absolute Gasteiger partial charge is 0.305 e. The van der Waals surface area contributed by atoms with Gasteiger partial charge in [-0.3, -0.25) is 91.3 Å². The summed E-state index contributed by atoms with van der Waals surface area (Å²) in [6.45, 7) is 10.9. The molecular weight excluding hydrogens is 1330 g/mol. The standard InChI is InChI=1S/C19H39N15O4.2C18H37N13O/c1-12(20)32-18(24)30-10-27-11-31-19(25)34-17(23)29-7-9-38-14(36)5-3-4-13(35)37-8-6-28-16(22)33-15(21)26-2;2*1-4-14(32)31(11-28-18(24)29-15(21)25-3)9-8-27-17(23)30-16(22)26-7-5-6-13(20)10-12(2)19/h27H,3-11H2,1-2H3,(H4,20,24,30,32)(H5,21,22,26,28,33)(H5,23,25,29,31,34);2*19-20H,4-11H2,1-3H3,(H5,21,24,25,28,29)(H5,22,23,26,27,30). The van der Waals surface area contributed by atoms with Gasteiger partial charge < -0.3 is 121 Å². The highest BCUT2D eigenvalue weighted by Crippen LogP contribution is 2.02. The monoisotopic (exact) mass is 1440 g/mol. The lowest BCUT2D eigenvalue weighted by Crippen LogP contribution is -2.43. The van der Waals surface area contributed by atoms with Crippen molar-refractivity contribution in [2.45, 2.75) is 105 Å². The lowest BCUT2D eigenvalue weighted by molar-refractivity contribution is -0.145. The molecule has 47 nitrogen and oxygen atoms in total. The van der Waals surface area contributed by atoms with Crippen LogP contribution in [0.15, 0.2) is 69.9 Å². The lowest BCUT2D eigenvalue weighted by atomic mass is 10.1. The van der Waals surface area contributed by atoms with Crippen LogP contribution in [0.5, 0.6) is 0 Å². The summed E-state index contributed by atoms with van der Waals surface area (Å²) >= 11 is 0. The van der Waals surface area contributed by atoms with Gasteiger partial charge in [0.15, 0.2) is 71.5 Å². The molecule has 0 saturated heterocycles. The molecule has 0 saturated carbocycles. The Balaban J connectivity index is -0.00000145. The van der Waals surface area contributed by atoms with E-state index < -0.39 is 11.9 Å². The molecule has 0 aliphatic carbocycles. The van der Waals surface area contributed by atoms with Crippen LogP contribution in [0.2, 0.25) is 0 Å². The molecule has 0 aromatic rings. The fourth-order valence-corrected chi connectivity index (χ4v) is 6.73. The van der Waals surface area contributed by atoms with Gasteiger partial charge in [0.25, 0.3) is 0 Å². The van der Waals surface area contributed by atoms with Crippen molar-refractivity contribution in [1.82, 2.24) is 47.0 Å². The van der Waals surface area contributed by atoms with Crippen LogP contribution in [0.25, 0.3) is 0 Å². The zero-order valence-electron chi connectivity index (χ0n) is 59.9. The van der Waals surface area contributed by atoms with Crippen LogP contribution in [0.3, 0.4) is 0 Å². The first-order valence-electron chi connectivity index (χ1n) is 31.6. The minimum atomic E-state index is -0.485. The van der Waals surface area contributed by atoms with Crippen LogP contribution in [-0.2, 0) is 28.7 Å². The highest BCUT2D eigenvalue weighted by Gasteiger charge is 2.14. The van der Waals surface area contributed by atoms with E-state index in [4.69, 9.17) is 111 Å². The summed E-state index contributed by atoms with van der Waals surface area (Å²) in [7, 11) is 4.50. The Morgan fingerprint density at radius 2 is 0.686 bits per heavy atom. The second-order valence-electron chi connectivity index (χ2n) is 20.6. The van der Waals surface area contributed by atoms with Crippen molar-refractivity contribution in [3.05, 3.63) is 0 Å². The topological polar surface area (TPSA) is 810 Å². The van der Waals surface area contributed by atoms with Crippen LogP contribution in [0.4, 0.5) is 0 Å². The third kappa shape index (κ3) is 59.2. The first-order chi connectivity index (χ1) is 48.2. The van der Waals surface area contributed by atoms with Crippen molar-refractivity contribution in [3.8, 4) is 0 Å². The van der Waals surface area contributed by atoms with Gasteiger partial charge in [-0.1, -0.05) is 13.8 Å². The van der Waals surface area contributed by atoms with Gasteiger partial charge in [0.2, 0.25) is 17.8 Å². The largest absolute Gasteiger partial charge is 0.464 e. The number of esters is 2. The number of nitrogens with zero attached hydrogens (tertiary/aromatic N) is 16. The van der Waals surface area contributed by atoms with Crippen LogP contribution >= 0.6 is 0 Å². The average Bonchev–Trinajstić information content (AvgIpc) is 0.952. The summed E-state index contributed by atoms with van der Waals surface area (Å²) in [5.74, 6) is -0.0321. The molecule has 0 spiro atoms. The summed E-state index contributed by atoms with van der Waals surface area (Å²) in [4.78, 5) is 106. The second kappa shape index (κ2) is 59.0. The maximum absolute atomic E-state index is 12.1. The second-order valence-corrected chi connectivity index (χ2v) is 20.6. The zero-order valence-corrected chi connectivity index (χ0v) is 59.9. The summed E-state index contributed by atoms with van der Waals surface area (Å²) < 4.78 is 10.0. The number of amidine groups is 1. The highest BCUT2D eigenvalue weighted by atomic mass is 16.5. The predicted octanol–water partition coefficient (Wildman–Crippen LogP) is -7.53. The number of hydrogen-bond acceptors (Lipinski definition) is 24. The molecular formula is C55H113N41O6. The number of ether oxygens (including phenoxy) is 2. The maximum Gasteiger partial charge on any atom is 0.305 e. The Hall–Kier alpha value is -12.1. The van der Waals surface area contributed by atoms with Gasteiger partial charge in [0.05, 0.1) is 45.4 Å². The molecule has 0 aromatic heterocycles. The van der Waals surface area contributed by atoms with Gasteiger partial charge in [-0.05, 0) is 52.9 Å². The Bertz CT molecular complexity index is 2940.